The van der Waals surface area contributed by atoms with Crippen molar-refractivity contribution in [2.24, 2.45) is 0 Å². The van der Waals surface area contributed by atoms with Crippen LogP contribution in [0.3, 0.4) is 0 Å². The van der Waals surface area contributed by atoms with Crippen molar-refractivity contribution < 1.29 is 0 Å². The van der Waals surface area contributed by atoms with Gasteiger partial charge in [-0.25, -0.2) is 0 Å². The molecule has 1 N–H and O–H groups in total. The third kappa shape index (κ3) is 3.66. The Balaban J connectivity index is 1.79. The van der Waals surface area contributed by atoms with Gasteiger partial charge in [-0.15, -0.1) is 0 Å². The van der Waals surface area contributed by atoms with Crippen LogP contribution in [0.15, 0.2) is 35.0 Å². The monoisotopic (exact) mass is 300 g/mol. The molecule has 1 aliphatic rings. The number of anilines is 1. The van der Waals surface area contributed by atoms with Gasteiger partial charge in [0.05, 0.1) is 0 Å². The van der Waals surface area contributed by atoms with Crippen LogP contribution in [0.2, 0.25) is 0 Å². The highest BCUT2D eigenvalue weighted by Crippen LogP contribution is 2.35. The van der Waals surface area contributed by atoms with E-state index >= 15 is 0 Å². The number of benzene rings is 1. The Morgan fingerprint density at radius 1 is 1.24 bits per heavy atom. The second-order valence-electron chi connectivity index (χ2n) is 5.89. The third-order valence-electron chi connectivity index (χ3n) is 4.07. The van der Waals surface area contributed by atoms with Crippen LogP contribution >= 0.6 is 11.3 Å². The molecule has 112 valence electrons. The molecule has 2 nitrogen and oxygen atoms in total. The Morgan fingerprint density at radius 3 is 2.71 bits per heavy atom. The fourth-order valence-electron chi connectivity index (χ4n) is 2.80. The van der Waals surface area contributed by atoms with E-state index in [1.54, 1.807) is 11.3 Å². The summed E-state index contributed by atoms with van der Waals surface area (Å²) in [5, 5.41) is 7.84. The smallest absolute Gasteiger partial charge is 0.0440 e. The van der Waals surface area contributed by atoms with Crippen LogP contribution in [-0.4, -0.2) is 12.6 Å². The Morgan fingerprint density at radius 2 is 2.10 bits per heavy atom. The van der Waals surface area contributed by atoms with Gasteiger partial charge in [-0.3, -0.25) is 0 Å². The highest BCUT2D eigenvalue weighted by Gasteiger charge is 2.30. The second kappa shape index (κ2) is 6.63. The first-order valence-electron chi connectivity index (χ1n) is 7.86. The van der Waals surface area contributed by atoms with E-state index in [0.29, 0.717) is 0 Å². The van der Waals surface area contributed by atoms with Crippen molar-refractivity contribution in [3.63, 3.8) is 0 Å². The summed E-state index contributed by atoms with van der Waals surface area (Å²) in [4.78, 5) is 2.59. The molecule has 3 heteroatoms. The van der Waals surface area contributed by atoms with Crippen molar-refractivity contribution in [3.8, 4) is 0 Å². The molecule has 1 aliphatic carbocycles. The molecule has 1 heterocycles. The van der Waals surface area contributed by atoms with E-state index in [0.717, 1.165) is 25.7 Å². The summed E-state index contributed by atoms with van der Waals surface area (Å²) in [6.07, 6.45) is 2.67. The van der Waals surface area contributed by atoms with Gasteiger partial charge >= 0.3 is 0 Å². The number of aryl methyl sites for hydroxylation is 1. The molecule has 0 amide bonds. The minimum Gasteiger partial charge on any atom is -0.364 e. The molecular formula is C18H24N2S. The molecular weight excluding hydrogens is 276 g/mol. The molecule has 0 spiro atoms. The molecule has 0 radical (unpaired) electrons. The largest absolute Gasteiger partial charge is 0.364 e. The van der Waals surface area contributed by atoms with E-state index in [2.05, 4.69) is 59.1 Å². The van der Waals surface area contributed by atoms with Crippen molar-refractivity contribution in [2.45, 2.75) is 45.8 Å². The lowest BCUT2D eigenvalue weighted by molar-refractivity contribution is 0.725. The number of hydrogen-bond donors (Lipinski definition) is 1. The molecule has 2 aromatic rings. The van der Waals surface area contributed by atoms with Crippen molar-refractivity contribution in [2.75, 3.05) is 11.4 Å². The van der Waals surface area contributed by atoms with Crippen molar-refractivity contribution in [3.05, 3.63) is 51.7 Å². The Bertz CT molecular complexity index is 573. The predicted molar refractivity (Wildman–Crippen MR) is 92.1 cm³/mol. The maximum atomic E-state index is 3.40. The van der Waals surface area contributed by atoms with Crippen LogP contribution in [-0.2, 0) is 13.1 Å². The summed E-state index contributed by atoms with van der Waals surface area (Å²) >= 11 is 1.79. The quantitative estimate of drug-likeness (QED) is 0.818. The summed E-state index contributed by atoms with van der Waals surface area (Å²) < 4.78 is 0. The topological polar surface area (TPSA) is 15.3 Å². The lowest BCUT2D eigenvalue weighted by Gasteiger charge is -2.26. The zero-order chi connectivity index (χ0) is 14.7. The number of thiophene rings is 1. The van der Waals surface area contributed by atoms with Crippen molar-refractivity contribution >= 4 is 17.0 Å². The number of rotatable bonds is 7. The average molecular weight is 300 g/mol. The van der Waals surface area contributed by atoms with E-state index in [1.807, 2.05) is 0 Å². The fourth-order valence-corrected chi connectivity index (χ4v) is 3.46. The van der Waals surface area contributed by atoms with Gasteiger partial charge in [-0.05, 0) is 65.9 Å². The van der Waals surface area contributed by atoms with Gasteiger partial charge in [0.1, 0.15) is 0 Å². The molecule has 1 aromatic carbocycles. The highest BCUT2D eigenvalue weighted by molar-refractivity contribution is 7.07. The van der Waals surface area contributed by atoms with Gasteiger partial charge in [0.2, 0.25) is 0 Å². The number of nitrogens with one attached hydrogen (secondary N) is 1. The molecule has 0 aliphatic heterocycles. The maximum absolute atomic E-state index is 3.40. The zero-order valence-electron chi connectivity index (χ0n) is 12.9. The van der Waals surface area contributed by atoms with Crippen molar-refractivity contribution in [1.82, 2.24) is 5.32 Å². The first-order valence-corrected chi connectivity index (χ1v) is 8.80. The highest BCUT2D eigenvalue weighted by atomic mass is 32.1. The zero-order valence-corrected chi connectivity index (χ0v) is 13.7. The molecule has 1 fully saturated rings. The van der Waals surface area contributed by atoms with E-state index in [4.69, 9.17) is 0 Å². The van der Waals surface area contributed by atoms with Crippen LogP contribution in [0.5, 0.6) is 0 Å². The van der Waals surface area contributed by atoms with Crippen molar-refractivity contribution in [1.29, 1.82) is 0 Å². The summed E-state index contributed by atoms with van der Waals surface area (Å²) in [5.41, 5.74) is 5.61. The van der Waals surface area contributed by atoms with Crippen LogP contribution in [0, 0.1) is 6.92 Å². The molecule has 0 atom stereocenters. The fraction of sp³-hybridized carbons (Fsp3) is 0.444. The molecule has 0 bridgehead atoms. The summed E-state index contributed by atoms with van der Waals surface area (Å²) in [7, 11) is 0. The normalized spacial score (nSPS) is 14.4. The molecule has 1 aromatic heterocycles. The Kier molecular flexibility index (Phi) is 4.61. The lowest BCUT2D eigenvalue weighted by atomic mass is 10.1. The van der Waals surface area contributed by atoms with Gasteiger partial charge in [0.15, 0.2) is 0 Å². The summed E-state index contributed by atoms with van der Waals surface area (Å²) in [6, 6.07) is 9.90. The minimum absolute atomic E-state index is 0.739. The van der Waals surface area contributed by atoms with Gasteiger partial charge in [-0.2, -0.15) is 11.3 Å². The van der Waals surface area contributed by atoms with E-state index in [-0.39, 0.29) is 0 Å². The molecule has 0 unspecified atom stereocenters. The van der Waals surface area contributed by atoms with E-state index in [9.17, 15) is 0 Å². The average Bonchev–Trinajstić information content (AvgIpc) is 3.20. The molecule has 3 rings (SSSR count). The summed E-state index contributed by atoms with van der Waals surface area (Å²) in [5.74, 6) is 0. The Hall–Kier alpha value is -1.32. The molecule has 1 saturated carbocycles. The predicted octanol–water partition coefficient (Wildman–Crippen LogP) is 4.34. The van der Waals surface area contributed by atoms with Crippen LogP contribution in [0.1, 0.15) is 36.5 Å². The number of nitrogens with zero attached hydrogens (tertiary/aromatic N) is 1. The standard InChI is InChI=1S/C18H24N2S/c1-3-19-11-15-4-7-18(14(2)10-15)20(17-5-6-17)12-16-8-9-21-13-16/h4,7-10,13,17,19H,3,5-6,11-12H2,1-2H3. The first kappa shape index (κ1) is 14.6. The van der Waals surface area contributed by atoms with Crippen LogP contribution < -0.4 is 10.2 Å². The minimum atomic E-state index is 0.739. The third-order valence-corrected chi connectivity index (χ3v) is 4.80. The molecule has 0 saturated heterocycles. The molecule has 21 heavy (non-hydrogen) atoms. The van der Waals surface area contributed by atoms with Crippen LogP contribution in [0.4, 0.5) is 5.69 Å². The lowest BCUT2D eigenvalue weighted by Crippen LogP contribution is -2.25. The van der Waals surface area contributed by atoms with Gasteiger partial charge < -0.3 is 10.2 Å². The van der Waals surface area contributed by atoms with Gasteiger partial charge in [-0.1, -0.05) is 19.1 Å². The van der Waals surface area contributed by atoms with E-state index < -0.39 is 0 Å². The second-order valence-corrected chi connectivity index (χ2v) is 6.67. The SMILES string of the molecule is CCNCc1ccc(N(Cc2ccsc2)C2CC2)c(C)c1. The Labute approximate surface area is 131 Å². The van der Waals surface area contributed by atoms with Gasteiger partial charge in [0, 0.05) is 24.8 Å². The maximum Gasteiger partial charge on any atom is 0.0440 e. The number of hydrogen-bond acceptors (Lipinski definition) is 3. The van der Waals surface area contributed by atoms with Gasteiger partial charge in [0.25, 0.3) is 0 Å². The summed E-state index contributed by atoms with van der Waals surface area (Å²) in [6.45, 7) is 7.42. The van der Waals surface area contributed by atoms with E-state index in [1.165, 1.54) is 35.2 Å². The first-order chi connectivity index (χ1) is 10.3. The van der Waals surface area contributed by atoms with Crippen LogP contribution in [0.25, 0.3) is 0 Å².